The summed E-state index contributed by atoms with van der Waals surface area (Å²) in [6.45, 7) is 2.26. The molecule has 0 saturated carbocycles. The first-order valence-electron chi connectivity index (χ1n) is 7.96. The summed E-state index contributed by atoms with van der Waals surface area (Å²) in [5.41, 5.74) is 1.32. The molecule has 1 saturated heterocycles. The number of phenolic OH excluding ortho intramolecular Hbond substituents is 1. The third-order valence-electron chi connectivity index (χ3n) is 3.74. The number of aromatic hydroxyl groups is 1. The third-order valence-corrected chi connectivity index (χ3v) is 4.62. The van der Waals surface area contributed by atoms with E-state index in [4.69, 9.17) is 14.9 Å². The van der Waals surface area contributed by atoms with Crippen molar-refractivity contribution < 1.29 is 19.4 Å². The number of amidine groups is 1. The highest BCUT2D eigenvalue weighted by Crippen LogP contribution is 2.36. The summed E-state index contributed by atoms with van der Waals surface area (Å²) in [5.74, 6) is 0.825. The van der Waals surface area contributed by atoms with Gasteiger partial charge in [-0.25, -0.2) is 0 Å². The Labute approximate surface area is 155 Å². The highest BCUT2D eigenvalue weighted by atomic mass is 32.2. The fourth-order valence-electron chi connectivity index (χ4n) is 2.50. The summed E-state index contributed by atoms with van der Waals surface area (Å²) < 4.78 is 10.5. The average molecular weight is 370 g/mol. The Bertz CT molecular complexity index is 878. The zero-order valence-corrected chi connectivity index (χ0v) is 15.2. The van der Waals surface area contributed by atoms with Gasteiger partial charge in [0.15, 0.2) is 16.7 Å². The van der Waals surface area contributed by atoms with Crippen molar-refractivity contribution in [3.8, 4) is 17.2 Å². The first-order valence-corrected chi connectivity index (χ1v) is 8.77. The second-order valence-electron chi connectivity index (χ2n) is 5.41. The van der Waals surface area contributed by atoms with Gasteiger partial charge >= 0.3 is 0 Å². The number of rotatable bonds is 5. The Balaban J connectivity index is 1.88. The lowest BCUT2D eigenvalue weighted by Gasteiger charge is -2.14. The van der Waals surface area contributed by atoms with Gasteiger partial charge in [0.25, 0.3) is 5.91 Å². The Morgan fingerprint density at radius 2 is 1.96 bits per heavy atom. The Morgan fingerprint density at radius 3 is 2.62 bits per heavy atom. The number of nitrogens with zero attached hydrogens (tertiary/aromatic N) is 1. The summed E-state index contributed by atoms with van der Waals surface area (Å²) in [6, 6.07) is 11.9. The van der Waals surface area contributed by atoms with Crippen LogP contribution in [0.15, 0.2) is 47.4 Å². The minimum Gasteiger partial charge on any atom is -0.504 e. The van der Waals surface area contributed by atoms with E-state index in [0.717, 1.165) is 11.8 Å². The van der Waals surface area contributed by atoms with Crippen LogP contribution in [0, 0.1) is 5.41 Å². The number of benzene rings is 2. The molecular formula is C19H18N2O4S. The number of carbonyl (C=O) groups is 1. The summed E-state index contributed by atoms with van der Waals surface area (Å²) in [7, 11) is 1.57. The van der Waals surface area contributed by atoms with Gasteiger partial charge in [-0.3, -0.25) is 15.1 Å². The van der Waals surface area contributed by atoms with E-state index in [1.165, 1.54) is 11.0 Å². The molecule has 0 unspecified atom stereocenters. The van der Waals surface area contributed by atoms with Crippen LogP contribution in [0.25, 0.3) is 6.08 Å². The van der Waals surface area contributed by atoms with Gasteiger partial charge in [0, 0.05) is 0 Å². The lowest BCUT2D eigenvalue weighted by Crippen LogP contribution is -2.27. The van der Waals surface area contributed by atoms with E-state index < -0.39 is 0 Å². The molecule has 1 fully saturated rings. The molecule has 1 amide bonds. The topological polar surface area (TPSA) is 82.8 Å². The van der Waals surface area contributed by atoms with Crippen LogP contribution in [-0.4, -0.2) is 29.9 Å². The van der Waals surface area contributed by atoms with Gasteiger partial charge in [-0.1, -0.05) is 6.07 Å². The van der Waals surface area contributed by atoms with E-state index in [2.05, 4.69) is 0 Å². The fourth-order valence-corrected chi connectivity index (χ4v) is 3.36. The number of nitrogens with one attached hydrogen (secondary N) is 1. The Hall–Kier alpha value is -2.93. The summed E-state index contributed by atoms with van der Waals surface area (Å²) in [5, 5.41) is 18.1. The minimum absolute atomic E-state index is 0.0482. The molecule has 0 aliphatic carbocycles. The second-order valence-corrected chi connectivity index (χ2v) is 6.45. The number of anilines is 1. The fraction of sp³-hybridized carbons (Fsp3) is 0.158. The molecular weight excluding hydrogens is 352 g/mol. The smallest absolute Gasteiger partial charge is 0.271 e. The third kappa shape index (κ3) is 3.52. The van der Waals surface area contributed by atoms with Gasteiger partial charge in [0.1, 0.15) is 5.75 Å². The van der Waals surface area contributed by atoms with Gasteiger partial charge in [0.05, 0.1) is 24.3 Å². The zero-order valence-electron chi connectivity index (χ0n) is 14.4. The number of hydrogen-bond acceptors (Lipinski definition) is 6. The van der Waals surface area contributed by atoms with E-state index in [1.807, 2.05) is 6.92 Å². The normalized spacial score (nSPS) is 15.6. The largest absolute Gasteiger partial charge is 0.504 e. The van der Waals surface area contributed by atoms with Crippen LogP contribution < -0.4 is 14.4 Å². The minimum atomic E-state index is -0.267. The van der Waals surface area contributed by atoms with E-state index in [1.54, 1.807) is 49.6 Å². The number of carbonyl (C=O) groups excluding carboxylic acids is 1. The summed E-state index contributed by atoms with van der Waals surface area (Å²) >= 11 is 1.09. The molecule has 26 heavy (non-hydrogen) atoms. The van der Waals surface area contributed by atoms with E-state index in [0.29, 0.717) is 34.3 Å². The van der Waals surface area contributed by atoms with Crippen molar-refractivity contribution in [2.24, 2.45) is 0 Å². The van der Waals surface area contributed by atoms with Crippen molar-refractivity contribution in [3.05, 3.63) is 52.9 Å². The van der Waals surface area contributed by atoms with Crippen LogP contribution in [0.5, 0.6) is 17.2 Å². The van der Waals surface area contributed by atoms with Crippen molar-refractivity contribution in [2.45, 2.75) is 6.92 Å². The number of hydrogen-bond donors (Lipinski definition) is 2. The second kappa shape index (κ2) is 7.53. The van der Waals surface area contributed by atoms with Gasteiger partial charge < -0.3 is 14.6 Å². The molecule has 3 rings (SSSR count). The molecule has 0 spiro atoms. The van der Waals surface area contributed by atoms with Crippen molar-refractivity contribution >= 4 is 34.6 Å². The zero-order chi connectivity index (χ0) is 18.7. The van der Waals surface area contributed by atoms with E-state index in [-0.39, 0.29) is 16.8 Å². The molecule has 6 nitrogen and oxygen atoms in total. The molecule has 2 aromatic carbocycles. The van der Waals surface area contributed by atoms with Gasteiger partial charge in [-0.15, -0.1) is 0 Å². The Morgan fingerprint density at radius 1 is 1.23 bits per heavy atom. The van der Waals surface area contributed by atoms with Gasteiger partial charge in [0.2, 0.25) is 0 Å². The standard InChI is InChI=1S/C19H18N2O4S/c1-3-25-16-10-12(4-9-15(16)22)11-17-18(23)21(19(20)26-17)13-5-7-14(24-2)8-6-13/h4-11,20,22H,3H2,1-2H3/b17-11-,20-19?. The van der Waals surface area contributed by atoms with Crippen molar-refractivity contribution in [3.63, 3.8) is 0 Å². The lowest BCUT2D eigenvalue weighted by molar-refractivity contribution is -0.113. The highest BCUT2D eigenvalue weighted by Gasteiger charge is 2.33. The maximum atomic E-state index is 12.7. The maximum absolute atomic E-state index is 12.7. The molecule has 134 valence electrons. The van der Waals surface area contributed by atoms with Crippen LogP contribution in [0.1, 0.15) is 12.5 Å². The van der Waals surface area contributed by atoms with Crippen molar-refractivity contribution in [1.82, 2.24) is 0 Å². The quantitative estimate of drug-likeness (QED) is 0.781. The molecule has 2 N–H and O–H groups in total. The van der Waals surface area contributed by atoms with E-state index in [9.17, 15) is 9.90 Å². The van der Waals surface area contributed by atoms with Crippen LogP contribution in [0.3, 0.4) is 0 Å². The van der Waals surface area contributed by atoms with Gasteiger partial charge in [-0.05, 0) is 66.7 Å². The number of thioether (sulfide) groups is 1. The lowest BCUT2D eigenvalue weighted by atomic mass is 10.2. The first kappa shape index (κ1) is 17.9. The van der Waals surface area contributed by atoms with E-state index >= 15 is 0 Å². The van der Waals surface area contributed by atoms with Gasteiger partial charge in [-0.2, -0.15) is 0 Å². The molecule has 0 bridgehead atoms. The van der Waals surface area contributed by atoms with Crippen LogP contribution in [0.4, 0.5) is 5.69 Å². The summed E-state index contributed by atoms with van der Waals surface area (Å²) in [4.78, 5) is 14.5. The van der Waals surface area contributed by atoms with Crippen LogP contribution in [0.2, 0.25) is 0 Å². The predicted octanol–water partition coefficient (Wildman–Crippen LogP) is 3.86. The van der Waals surface area contributed by atoms with Crippen LogP contribution >= 0.6 is 11.8 Å². The number of amides is 1. The first-order chi connectivity index (χ1) is 12.5. The summed E-state index contributed by atoms with van der Waals surface area (Å²) in [6.07, 6.45) is 1.69. The average Bonchev–Trinajstić information content (AvgIpc) is 2.92. The predicted molar refractivity (Wildman–Crippen MR) is 103 cm³/mol. The maximum Gasteiger partial charge on any atom is 0.271 e. The molecule has 0 atom stereocenters. The molecule has 0 aromatic heterocycles. The number of ether oxygens (including phenoxy) is 2. The molecule has 1 aliphatic rings. The van der Waals surface area contributed by atoms with Crippen molar-refractivity contribution in [2.75, 3.05) is 18.6 Å². The Kier molecular flexibility index (Phi) is 5.18. The molecule has 0 radical (unpaired) electrons. The SMILES string of the molecule is CCOc1cc(/C=C2\SC(=N)N(c3ccc(OC)cc3)C2=O)ccc1O. The molecule has 1 aliphatic heterocycles. The van der Waals surface area contributed by atoms with Crippen LogP contribution in [-0.2, 0) is 4.79 Å². The highest BCUT2D eigenvalue weighted by molar-refractivity contribution is 8.19. The molecule has 2 aromatic rings. The molecule has 7 heteroatoms. The number of phenols is 1. The number of methoxy groups -OCH3 is 1. The van der Waals surface area contributed by atoms with Crippen molar-refractivity contribution in [1.29, 1.82) is 5.41 Å². The molecule has 1 heterocycles. The monoisotopic (exact) mass is 370 g/mol.